The first kappa shape index (κ1) is 16.9. The lowest BCUT2D eigenvalue weighted by Gasteiger charge is -2.31. The van der Waals surface area contributed by atoms with Gasteiger partial charge < -0.3 is 10.4 Å². The van der Waals surface area contributed by atoms with E-state index >= 15 is 0 Å². The largest absolute Gasteiger partial charge is 0.480 e. The molecule has 5 heteroatoms. The summed E-state index contributed by atoms with van der Waals surface area (Å²) in [5.74, 6) is -0.685. The van der Waals surface area contributed by atoms with Gasteiger partial charge in [0.1, 0.15) is 5.54 Å². The van der Waals surface area contributed by atoms with Crippen molar-refractivity contribution in [1.82, 2.24) is 10.6 Å². The molecule has 0 saturated heterocycles. The lowest BCUT2D eigenvalue weighted by Crippen LogP contribution is -2.58. The van der Waals surface area contributed by atoms with Crippen molar-refractivity contribution >= 4 is 11.9 Å². The molecule has 0 spiro atoms. The maximum Gasteiger partial charge on any atom is 0.323 e. The topological polar surface area (TPSA) is 78.4 Å². The molecule has 0 aromatic rings. The highest BCUT2D eigenvalue weighted by Gasteiger charge is 2.37. The van der Waals surface area contributed by atoms with E-state index in [2.05, 4.69) is 10.6 Å². The fourth-order valence-corrected chi connectivity index (χ4v) is 1.76. The maximum absolute atomic E-state index is 11.8. The third-order valence-electron chi connectivity index (χ3n) is 3.19. The number of aliphatic carboxylic acids is 1. The summed E-state index contributed by atoms with van der Waals surface area (Å²) in [6, 6.07) is -0.514. The van der Waals surface area contributed by atoms with Gasteiger partial charge in [-0.2, -0.15) is 0 Å². The van der Waals surface area contributed by atoms with Gasteiger partial charge >= 0.3 is 5.97 Å². The predicted octanol–water partition coefficient (Wildman–Crippen LogP) is 1.38. The second-order valence-corrected chi connectivity index (χ2v) is 5.10. The van der Waals surface area contributed by atoms with Crippen LogP contribution in [-0.2, 0) is 9.59 Å². The highest BCUT2D eigenvalue weighted by molar-refractivity contribution is 5.84. The van der Waals surface area contributed by atoms with Crippen LogP contribution in [0.1, 0.15) is 47.5 Å². The summed E-state index contributed by atoms with van der Waals surface area (Å²) in [5.41, 5.74) is -1.02. The van der Waals surface area contributed by atoms with Crippen LogP contribution in [0.25, 0.3) is 0 Å². The highest BCUT2D eigenvalue weighted by atomic mass is 16.4. The van der Waals surface area contributed by atoms with Crippen molar-refractivity contribution in [3.63, 3.8) is 0 Å². The fourth-order valence-electron chi connectivity index (χ4n) is 1.76. The zero-order valence-electron chi connectivity index (χ0n) is 12.0. The molecular weight excluding hydrogens is 232 g/mol. The Morgan fingerprint density at radius 1 is 1.17 bits per heavy atom. The number of carbonyl (C=O) groups is 2. The summed E-state index contributed by atoms with van der Waals surface area (Å²) in [4.78, 5) is 23.1. The van der Waals surface area contributed by atoms with Gasteiger partial charge in [0.25, 0.3) is 0 Å². The van der Waals surface area contributed by atoms with E-state index in [9.17, 15) is 14.7 Å². The number of carbonyl (C=O) groups excluding carboxylic acids is 1. The number of carboxylic acids is 1. The molecule has 106 valence electrons. The van der Waals surface area contributed by atoms with Crippen LogP contribution in [0, 0.1) is 5.92 Å². The number of hydrogen-bond donors (Lipinski definition) is 3. The van der Waals surface area contributed by atoms with Crippen LogP contribution in [-0.4, -0.2) is 35.1 Å². The quantitative estimate of drug-likeness (QED) is 0.614. The summed E-state index contributed by atoms with van der Waals surface area (Å²) < 4.78 is 0. The third kappa shape index (κ3) is 4.64. The number of amides is 1. The van der Waals surface area contributed by atoms with Crippen molar-refractivity contribution in [3.8, 4) is 0 Å². The van der Waals surface area contributed by atoms with Crippen LogP contribution >= 0.6 is 0 Å². The normalized spacial score (nSPS) is 13.4. The third-order valence-corrected chi connectivity index (χ3v) is 3.19. The first-order chi connectivity index (χ1) is 8.29. The van der Waals surface area contributed by atoms with Gasteiger partial charge in [-0.15, -0.1) is 0 Å². The first-order valence-corrected chi connectivity index (χ1v) is 6.57. The molecule has 0 fully saturated rings. The minimum atomic E-state index is -1.02. The number of nitrogens with one attached hydrogen (secondary N) is 2. The monoisotopic (exact) mass is 258 g/mol. The van der Waals surface area contributed by atoms with Crippen molar-refractivity contribution in [2.75, 3.05) is 6.54 Å². The van der Waals surface area contributed by atoms with Gasteiger partial charge in [0.05, 0.1) is 6.04 Å². The van der Waals surface area contributed by atoms with Gasteiger partial charge in [-0.25, -0.2) is 0 Å². The molecule has 0 heterocycles. The molecule has 18 heavy (non-hydrogen) atoms. The molecule has 1 atom stereocenters. The molecule has 0 radical (unpaired) electrons. The molecule has 1 amide bonds. The number of rotatable bonds is 8. The van der Waals surface area contributed by atoms with Crippen LogP contribution in [0.4, 0.5) is 0 Å². The Bertz CT molecular complexity index is 286. The Morgan fingerprint density at radius 3 is 2.00 bits per heavy atom. The molecule has 0 rings (SSSR count). The SMILES string of the molecule is CCC(CC)(NC(C)C(=O)NCC(C)C)C(=O)O. The maximum atomic E-state index is 11.8. The van der Waals surface area contributed by atoms with E-state index in [1.807, 2.05) is 27.7 Å². The number of carboxylic acid groups (broad SMARTS) is 1. The summed E-state index contributed by atoms with van der Waals surface area (Å²) in [5, 5.41) is 15.0. The molecule has 0 aliphatic heterocycles. The molecule has 0 aromatic carbocycles. The average molecular weight is 258 g/mol. The minimum absolute atomic E-state index is 0.156. The van der Waals surface area contributed by atoms with Gasteiger partial charge in [0, 0.05) is 6.54 Å². The predicted molar refractivity (Wildman–Crippen MR) is 71.4 cm³/mol. The van der Waals surface area contributed by atoms with Crippen molar-refractivity contribution in [2.24, 2.45) is 5.92 Å². The van der Waals surface area contributed by atoms with Crippen LogP contribution in [0.15, 0.2) is 0 Å². The molecule has 0 aliphatic rings. The molecule has 0 aliphatic carbocycles. The molecule has 0 bridgehead atoms. The van der Waals surface area contributed by atoms with Crippen molar-refractivity contribution < 1.29 is 14.7 Å². The molecular formula is C13H26N2O3. The minimum Gasteiger partial charge on any atom is -0.480 e. The van der Waals surface area contributed by atoms with Crippen molar-refractivity contribution in [3.05, 3.63) is 0 Å². The molecule has 1 unspecified atom stereocenters. The van der Waals surface area contributed by atoms with Crippen LogP contribution in [0.2, 0.25) is 0 Å². The van der Waals surface area contributed by atoms with Crippen molar-refractivity contribution in [2.45, 2.75) is 59.0 Å². The summed E-state index contributed by atoms with van der Waals surface area (Å²) in [6.45, 7) is 9.94. The fraction of sp³-hybridized carbons (Fsp3) is 0.846. The second-order valence-electron chi connectivity index (χ2n) is 5.10. The van der Waals surface area contributed by atoms with Crippen molar-refractivity contribution in [1.29, 1.82) is 0 Å². The lowest BCUT2D eigenvalue weighted by molar-refractivity contribution is -0.146. The zero-order valence-corrected chi connectivity index (χ0v) is 12.0. The molecule has 5 nitrogen and oxygen atoms in total. The van der Waals surface area contributed by atoms with Gasteiger partial charge in [-0.05, 0) is 25.7 Å². The summed E-state index contributed by atoms with van der Waals surface area (Å²) in [6.07, 6.45) is 0.890. The van der Waals surface area contributed by atoms with Crippen LogP contribution in [0.3, 0.4) is 0 Å². The van der Waals surface area contributed by atoms with E-state index in [1.165, 1.54) is 0 Å². The summed E-state index contributed by atoms with van der Waals surface area (Å²) >= 11 is 0. The standard InChI is InChI=1S/C13H26N2O3/c1-6-13(7-2,12(17)18)15-10(5)11(16)14-8-9(3)4/h9-10,15H,6-8H2,1-5H3,(H,14,16)(H,17,18). The Hall–Kier alpha value is -1.10. The lowest BCUT2D eigenvalue weighted by atomic mass is 9.92. The Kier molecular flexibility index (Phi) is 6.91. The van der Waals surface area contributed by atoms with Gasteiger partial charge in [0.15, 0.2) is 0 Å². The molecule has 0 saturated carbocycles. The Morgan fingerprint density at radius 2 is 1.67 bits per heavy atom. The van der Waals surface area contributed by atoms with Crippen LogP contribution in [0.5, 0.6) is 0 Å². The first-order valence-electron chi connectivity index (χ1n) is 6.57. The average Bonchev–Trinajstić information content (AvgIpc) is 2.32. The zero-order chi connectivity index (χ0) is 14.3. The van der Waals surface area contributed by atoms with E-state index < -0.39 is 17.6 Å². The number of hydrogen-bond acceptors (Lipinski definition) is 3. The Balaban J connectivity index is 4.55. The molecule has 0 aromatic heterocycles. The smallest absolute Gasteiger partial charge is 0.323 e. The Labute approximate surface area is 109 Å². The van der Waals surface area contributed by atoms with E-state index in [4.69, 9.17) is 0 Å². The summed E-state index contributed by atoms with van der Waals surface area (Å²) in [7, 11) is 0. The second kappa shape index (κ2) is 7.36. The van der Waals surface area contributed by atoms with Gasteiger partial charge in [0.2, 0.25) is 5.91 Å². The van der Waals surface area contributed by atoms with E-state index in [0.717, 1.165) is 0 Å². The highest BCUT2D eigenvalue weighted by Crippen LogP contribution is 2.16. The van der Waals surface area contributed by atoms with Gasteiger partial charge in [-0.3, -0.25) is 14.9 Å². The molecule has 3 N–H and O–H groups in total. The van der Waals surface area contributed by atoms with E-state index in [0.29, 0.717) is 25.3 Å². The van der Waals surface area contributed by atoms with E-state index in [1.54, 1.807) is 6.92 Å². The van der Waals surface area contributed by atoms with Gasteiger partial charge in [-0.1, -0.05) is 27.7 Å². The van der Waals surface area contributed by atoms with Crippen LogP contribution < -0.4 is 10.6 Å². The van der Waals surface area contributed by atoms with E-state index in [-0.39, 0.29) is 5.91 Å².